The highest BCUT2D eigenvalue weighted by molar-refractivity contribution is 6.30. The normalized spacial score (nSPS) is 22.6. The number of aromatic nitrogens is 1. The maximum Gasteiger partial charge on any atom is 0.325 e. The molecule has 5 nitrogen and oxygen atoms in total. The fraction of sp³-hybridized carbons (Fsp3) is 0.235. The Hall–Kier alpha value is -2.40. The largest absolute Gasteiger partial charge is 0.325 e. The van der Waals surface area contributed by atoms with Crippen molar-refractivity contribution in [1.29, 1.82) is 0 Å². The van der Waals surface area contributed by atoms with Gasteiger partial charge in [0.25, 0.3) is 5.91 Å². The predicted octanol–water partition coefficient (Wildman–Crippen LogP) is 2.63. The molecule has 1 saturated heterocycles. The first-order valence-electron chi connectivity index (χ1n) is 7.43. The molecular formula is C17H14ClN3O2. The van der Waals surface area contributed by atoms with E-state index in [1.807, 2.05) is 18.2 Å². The number of amides is 3. The molecule has 0 saturated carbocycles. The standard InChI is InChI=1S/C17H14ClN3O2/c18-12-4-5-14-11(9-12)6-7-17(14)15(22)21(16(23)20-17)10-13-3-1-2-8-19-13/h1-5,8-9H,6-7,10H2,(H,20,23)/t17-/m0/s1. The molecule has 3 amide bonds. The highest BCUT2D eigenvalue weighted by Gasteiger charge is 2.55. The lowest BCUT2D eigenvalue weighted by molar-refractivity contribution is -0.132. The Kier molecular flexibility index (Phi) is 3.13. The van der Waals surface area contributed by atoms with E-state index in [0.29, 0.717) is 17.1 Å². The minimum absolute atomic E-state index is 0.177. The Balaban J connectivity index is 1.69. The highest BCUT2D eigenvalue weighted by atomic mass is 35.5. The lowest BCUT2D eigenvalue weighted by atomic mass is 9.92. The number of urea groups is 1. The van der Waals surface area contributed by atoms with Crippen molar-refractivity contribution < 1.29 is 9.59 Å². The third-order valence-corrected chi connectivity index (χ3v) is 4.75. The van der Waals surface area contributed by atoms with Crippen molar-refractivity contribution in [2.24, 2.45) is 0 Å². The molecule has 1 aliphatic heterocycles. The number of rotatable bonds is 2. The van der Waals surface area contributed by atoms with E-state index in [1.165, 1.54) is 4.90 Å². The number of halogens is 1. The summed E-state index contributed by atoms with van der Waals surface area (Å²) >= 11 is 6.03. The van der Waals surface area contributed by atoms with Crippen LogP contribution >= 0.6 is 11.6 Å². The van der Waals surface area contributed by atoms with Gasteiger partial charge in [0.1, 0.15) is 5.54 Å². The van der Waals surface area contributed by atoms with Crippen LogP contribution in [0.1, 0.15) is 23.2 Å². The maximum absolute atomic E-state index is 13.0. The number of imide groups is 1. The Bertz CT molecular complexity index is 809. The Morgan fingerprint density at radius 1 is 1.26 bits per heavy atom. The van der Waals surface area contributed by atoms with E-state index < -0.39 is 5.54 Å². The molecule has 2 aromatic rings. The van der Waals surface area contributed by atoms with Gasteiger partial charge in [0.05, 0.1) is 12.2 Å². The molecule has 2 aliphatic rings. The fourth-order valence-electron chi connectivity index (χ4n) is 3.42. The summed E-state index contributed by atoms with van der Waals surface area (Å²) in [4.78, 5) is 30.8. The Labute approximate surface area is 138 Å². The molecule has 1 fully saturated rings. The van der Waals surface area contributed by atoms with Crippen molar-refractivity contribution in [3.05, 3.63) is 64.4 Å². The molecule has 4 rings (SSSR count). The van der Waals surface area contributed by atoms with E-state index in [2.05, 4.69) is 10.3 Å². The fourth-order valence-corrected chi connectivity index (χ4v) is 3.61. The van der Waals surface area contributed by atoms with Gasteiger partial charge in [-0.2, -0.15) is 0 Å². The zero-order valence-corrected chi connectivity index (χ0v) is 13.0. The van der Waals surface area contributed by atoms with Gasteiger partial charge < -0.3 is 5.32 Å². The predicted molar refractivity (Wildman–Crippen MR) is 84.8 cm³/mol. The topological polar surface area (TPSA) is 62.3 Å². The molecule has 23 heavy (non-hydrogen) atoms. The first kappa shape index (κ1) is 14.2. The van der Waals surface area contributed by atoms with Gasteiger partial charge in [-0.15, -0.1) is 0 Å². The van der Waals surface area contributed by atoms with Gasteiger partial charge >= 0.3 is 6.03 Å². The molecule has 1 aromatic carbocycles. The molecule has 1 atom stereocenters. The smallest absolute Gasteiger partial charge is 0.319 e. The van der Waals surface area contributed by atoms with Gasteiger partial charge in [0.15, 0.2) is 0 Å². The number of nitrogens with one attached hydrogen (secondary N) is 1. The summed E-state index contributed by atoms with van der Waals surface area (Å²) in [5, 5.41) is 3.53. The maximum atomic E-state index is 13.0. The number of benzene rings is 1. The molecule has 0 unspecified atom stereocenters. The number of hydrogen-bond donors (Lipinski definition) is 1. The molecule has 116 valence electrons. The number of hydrogen-bond acceptors (Lipinski definition) is 3. The zero-order valence-electron chi connectivity index (χ0n) is 12.3. The average Bonchev–Trinajstić information content (AvgIpc) is 3.02. The van der Waals surface area contributed by atoms with Crippen LogP contribution in [0.25, 0.3) is 0 Å². The van der Waals surface area contributed by atoms with Crippen LogP contribution in [0.2, 0.25) is 5.02 Å². The second-order valence-corrected chi connectivity index (χ2v) is 6.29. The monoisotopic (exact) mass is 327 g/mol. The van der Waals surface area contributed by atoms with Crippen LogP contribution in [-0.2, 0) is 23.3 Å². The van der Waals surface area contributed by atoms with E-state index >= 15 is 0 Å². The molecule has 1 aromatic heterocycles. The van der Waals surface area contributed by atoms with Crippen molar-refractivity contribution in [3.8, 4) is 0 Å². The summed E-state index contributed by atoms with van der Waals surface area (Å²) in [6.45, 7) is 0.177. The molecule has 0 radical (unpaired) electrons. The van der Waals surface area contributed by atoms with Gasteiger partial charge in [0, 0.05) is 11.2 Å². The average molecular weight is 328 g/mol. The summed E-state index contributed by atoms with van der Waals surface area (Å²) in [6.07, 6.45) is 2.93. The van der Waals surface area contributed by atoms with Crippen LogP contribution < -0.4 is 5.32 Å². The molecule has 2 heterocycles. The van der Waals surface area contributed by atoms with E-state index in [-0.39, 0.29) is 18.5 Å². The lowest BCUT2D eigenvalue weighted by Gasteiger charge is -2.22. The van der Waals surface area contributed by atoms with Gasteiger partial charge in [-0.1, -0.05) is 23.7 Å². The Morgan fingerprint density at radius 3 is 2.91 bits per heavy atom. The summed E-state index contributed by atoms with van der Waals surface area (Å²) in [7, 11) is 0. The van der Waals surface area contributed by atoms with Gasteiger partial charge in [0.2, 0.25) is 0 Å². The number of nitrogens with zero attached hydrogens (tertiary/aromatic N) is 2. The first-order valence-corrected chi connectivity index (χ1v) is 7.81. The third-order valence-electron chi connectivity index (χ3n) is 4.52. The van der Waals surface area contributed by atoms with Crippen LogP contribution in [0.3, 0.4) is 0 Å². The van der Waals surface area contributed by atoms with Crippen molar-refractivity contribution in [1.82, 2.24) is 15.2 Å². The number of carbonyl (C=O) groups is 2. The second-order valence-electron chi connectivity index (χ2n) is 5.85. The molecule has 1 aliphatic carbocycles. The van der Waals surface area contributed by atoms with E-state index in [0.717, 1.165) is 17.5 Å². The van der Waals surface area contributed by atoms with E-state index in [9.17, 15) is 9.59 Å². The molecule has 6 heteroatoms. The molecular weight excluding hydrogens is 314 g/mol. The van der Waals surface area contributed by atoms with E-state index in [1.54, 1.807) is 24.4 Å². The Morgan fingerprint density at radius 2 is 2.13 bits per heavy atom. The summed E-state index contributed by atoms with van der Waals surface area (Å²) in [6, 6.07) is 10.5. The minimum Gasteiger partial charge on any atom is -0.319 e. The van der Waals surface area contributed by atoms with Crippen LogP contribution in [0.5, 0.6) is 0 Å². The van der Waals surface area contributed by atoms with Crippen molar-refractivity contribution in [2.45, 2.75) is 24.9 Å². The summed E-state index contributed by atoms with van der Waals surface area (Å²) in [5.74, 6) is -0.214. The third kappa shape index (κ3) is 2.11. The summed E-state index contributed by atoms with van der Waals surface area (Å²) < 4.78 is 0. The van der Waals surface area contributed by atoms with Gasteiger partial charge in [-0.25, -0.2) is 4.79 Å². The van der Waals surface area contributed by atoms with E-state index in [4.69, 9.17) is 11.6 Å². The summed E-state index contributed by atoms with van der Waals surface area (Å²) in [5.41, 5.74) is 1.60. The van der Waals surface area contributed by atoms with Crippen LogP contribution in [0.4, 0.5) is 4.79 Å². The number of pyridine rings is 1. The molecule has 1 spiro atoms. The molecule has 0 bridgehead atoms. The number of aryl methyl sites for hydroxylation is 1. The van der Waals surface area contributed by atoms with Crippen LogP contribution in [0, 0.1) is 0 Å². The van der Waals surface area contributed by atoms with Crippen LogP contribution in [-0.4, -0.2) is 21.8 Å². The zero-order chi connectivity index (χ0) is 16.0. The molecule has 1 N–H and O–H groups in total. The quantitative estimate of drug-likeness (QED) is 0.862. The van der Waals surface area contributed by atoms with Crippen LogP contribution in [0.15, 0.2) is 42.6 Å². The first-order chi connectivity index (χ1) is 11.1. The minimum atomic E-state index is -0.953. The van der Waals surface area contributed by atoms with Crippen molar-refractivity contribution in [3.63, 3.8) is 0 Å². The van der Waals surface area contributed by atoms with Crippen molar-refractivity contribution >= 4 is 23.5 Å². The highest BCUT2D eigenvalue weighted by Crippen LogP contribution is 2.42. The SMILES string of the molecule is O=C1N[C@]2(CCc3cc(Cl)ccc32)C(=O)N1Cc1ccccn1. The second kappa shape index (κ2) is 5.06. The van der Waals surface area contributed by atoms with Crippen molar-refractivity contribution in [2.75, 3.05) is 0 Å². The van der Waals surface area contributed by atoms with Gasteiger partial charge in [-0.3, -0.25) is 14.7 Å². The number of carbonyl (C=O) groups excluding carboxylic acids is 2. The lowest BCUT2D eigenvalue weighted by Crippen LogP contribution is -2.41. The number of fused-ring (bicyclic) bond motifs is 2. The van der Waals surface area contributed by atoms with Gasteiger partial charge in [-0.05, 0) is 48.2 Å².